The molecule has 4 nitrogen and oxygen atoms in total. The summed E-state index contributed by atoms with van der Waals surface area (Å²) in [5.41, 5.74) is 5.75. The first-order valence-electron chi connectivity index (χ1n) is 7.96. The fraction of sp³-hybridized carbons (Fsp3) is 0.100. The largest absolute Gasteiger partial charge is 0.392 e. The fourth-order valence-electron chi connectivity index (χ4n) is 2.79. The van der Waals surface area contributed by atoms with Gasteiger partial charge in [-0.1, -0.05) is 36.4 Å². The second kappa shape index (κ2) is 6.70. The highest BCUT2D eigenvalue weighted by Gasteiger charge is 2.08. The lowest BCUT2D eigenvalue weighted by molar-refractivity contribution is 0.282. The van der Waals surface area contributed by atoms with Crippen LogP contribution in [0.3, 0.4) is 0 Å². The normalized spacial score (nSPS) is 11.1. The van der Waals surface area contributed by atoms with Crippen LogP contribution in [0.5, 0.6) is 0 Å². The lowest BCUT2D eigenvalue weighted by Crippen LogP contribution is -1.93. The van der Waals surface area contributed by atoms with Crippen molar-refractivity contribution in [2.24, 2.45) is 0 Å². The molecular formula is C20H17N3OS. The SMILES string of the molecule is CSc1ccc(-c2cn3c(-c4ccc(CO)cc4)cnc3cn2)cc1. The zero-order valence-electron chi connectivity index (χ0n) is 13.8. The Kier molecular flexibility index (Phi) is 4.26. The number of aromatic nitrogens is 3. The molecule has 1 N–H and O–H groups in total. The van der Waals surface area contributed by atoms with Crippen LogP contribution in [-0.2, 0) is 6.61 Å². The second-order valence-corrected chi connectivity index (χ2v) is 6.61. The Morgan fingerprint density at radius 2 is 1.64 bits per heavy atom. The molecule has 0 fully saturated rings. The third-order valence-electron chi connectivity index (χ3n) is 4.21. The minimum atomic E-state index is 0.0491. The van der Waals surface area contributed by atoms with Gasteiger partial charge in [-0.15, -0.1) is 11.8 Å². The third-order valence-corrected chi connectivity index (χ3v) is 4.96. The van der Waals surface area contributed by atoms with Crippen molar-refractivity contribution in [1.82, 2.24) is 14.4 Å². The number of hydrogen-bond donors (Lipinski definition) is 1. The molecule has 124 valence electrons. The number of aliphatic hydroxyl groups excluding tert-OH is 1. The van der Waals surface area contributed by atoms with Gasteiger partial charge in [0.2, 0.25) is 0 Å². The molecule has 4 rings (SSSR count). The molecule has 0 aliphatic heterocycles. The Morgan fingerprint density at radius 3 is 2.32 bits per heavy atom. The lowest BCUT2D eigenvalue weighted by atomic mass is 10.1. The van der Waals surface area contributed by atoms with E-state index in [1.54, 1.807) is 18.0 Å². The van der Waals surface area contributed by atoms with Crippen molar-refractivity contribution in [3.63, 3.8) is 0 Å². The highest BCUT2D eigenvalue weighted by Crippen LogP contribution is 2.25. The van der Waals surface area contributed by atoms with Crippen LogP contribution in [0, 0.1) is 0 Å². The van der Waals surface area contributed by atoms with Crippen molar-refractivity contribution in [1.29, 1.82) is 0 Å². The van der Waals surface area contributed by atoms with E-state index in [4.69, 9.17) is 0 Å². The Hall–Kier alpha value is -2.63. The minimum Gasteiger partial charge on any atom is -0.392 e. The van der Waals surface area contributed by atoms with E-state index >= 15 is 0 Å². The summed E-state index contributed by atoms with van der Waals surface area (Å²) in [5, 5.41) is 9.20. The first kappa shape index (κ1) is 15.9. The molecule has 2 heterocycles. The van der Waals surface area contributed by atoms with Crippen LogP contribution < -0.4 is 0 Å². The highest BCUT2D eigenvalue weighted by atomic mass is 32.2. The summed E-state index contributed by atoms with van der Waals surface area (Å²) in [6.07, 6.45) is 7.74. The Balaban J connectivity index is 1.78. The predicted octanol–water partition coefficient (Wildman–Crippen LogP) is 4.28. The molecule has 25 heavy (non-hydrogen) atoms. The molecular weight excluding hydrogens is 330 g/mol. The zero-order valence-corrected chi connectivity index (χ0v) is 14.6. The number of rotatable bonds is 4. The number of imidazole rings is 1. The van der Waals surface area contributed by atoms with Crippen molar-refractivity contribution in [2.75, 3.05) is 6.26 Å². The van der Waals surface area contributed by atoms with Crippen molar-refractivity contribution >= 4 is 17.4 Å². The van der Waals surface area contributed by atoms with Gasteiger partial charge in [-0.05, 0) is 24.0 Å². The van der Waals surface area contributed by atoms with Gasteiger partial charge in [-0.3, -0.25) is 9.38 Å². The Labute approximate surface area is 150 Å². The van der Waals surface area contributed by atoms with Gasteiger partial charge in [0, 0.05) is 22.2 Å². The molecule has 2 aromatic carbocycles. The van der Waals surface area contributed by atoms with Gasteiger partial charge < -0.3 is 5.11 Å². The van der Waals surface area contributed by atoms with E-state index in [-0.39, 0.29) is 6.61 Å². The van der Waals surface area contributed by atoms with Gasteiger partial charge in [0.05, 0.1) is 30.4 Å². The molecule has 0 amide bonds. The van der Waals surface area contributed by atoms with E-state index in [1.165, 1.54) is 4.90 Å². The second-order valence-electron chi connectivity index (χ2n) is 5.73. The maximum atomic E-state index is 9.20. The van der Waals surface area contributed by atoms with E-state index in [2.05, 4.69) is 44.9 Å². The molecule has 0 bridgehead atoms. The summed E-state index contributed by atoms with van der Waals surface area (Å²) < 4.78 is 2.05. The zero-order chi connectivity index (χ0) is 17.2. The van der Waals surface area contributed by atoms with Crippen molar-refractivity contribution in [3.05, 3.63) is 72.7 Å². The standard InChI is InChI=1S/C20H17N3OS/c1-25-17-8-6-15(7-9-17)18-12-23-19(10-22-20(23)11-21-18)16-4-2-14(13-24)3-5-16/h2-12,24H,13H2,1H3. The van der Waals surface area contributed by atoms with Crippen LogP contribution >= 0.6 is 11.8 Å². The lowest BCUT2D eigenvalue weighted by Gasteiger charge is -2.06. The van der Waals surface area contributed by atoms with Gasteiger partial charge in [-0.2, -0.15) is 0 Å². The summed E-state index contributed by atoms with van der Waals surface area (Å²) in [6, 6.07) is 16.3. The van der Waals surface area contributed by atoms with Gasteiger partial charge >= 0.3 is 0 Å². The van der Waals surface area contributed by atoms with Crippen LogP contribution in [0.1, 0.15) is 5.56 Å². The molecule has 0 radical (unpaired) electrons. The molecule has 0 atom stereocenters. The number of thioether (sulfide) groups is 1. The molecule has 5 heteroatoms. The summed E-state index contributed by atoms with van der Waals surface area (Å²) >= 11 is 1.73. The number of nitrogens with zero attached hydrogens (tertiary/aromatic N) is 3. The smallest absolute Gasteiger partial charge is 0.155 e. The molecule has 0 aliphatic rings. The van der Waals surface area contributed by atoms with E-state index in [0.29, 0.717) is 0 Å². The molecule has 0 aliphatic carbocycles. The van der Waals surface area contributed by atoms with Crippen LogP contribution in [0.4, 0.5) is 0 Å². The van der Waals surface area contributed by atoms with Crippen molar-refractivity contribution < 1.29 is 5.11 Å². The van der Waals surface area contributed by atoms with Crippen LogP contribution in [0.2, 0.25) is 0 Å². The van der Waals surface area contributed by atoms with Gasteiger partial charge in [0.1, 0.15) is 0 Å². The maximum absolute atomic E-state index is 9.20. The van der Waals surface area contributed by atoms with E-state index in [9.17, 15) is 5.11 Å². The van der Waals surface area contributed by atoms with Gasteiger partial charge in [-0.25, -0.2) is 4.98 Å². The topological polar surface area (TPSA) is 50.4 Å². The third kappa shape index (κ3) is 3.04. The average Bonchev–Trinajstić information content (AvgIpc) is 3.11. The van der Waals surface area contributed by atoms with Gasteiger partial charge in [0.15, 0.2) is 5.65 Å². The summed E-state index contributed by atoms with van der Waals surface area (Å²) in [5.74, 6) is 0. The first-order chi connectivity index (χ1) is 12.3. The van der Waals surface area contributed by atoms with Crippen molar-refractivity contribution in [3.8, 4) is 22.5 Å². The van der Waals surface area contributed by atoms with Crippen LogP contribution in [0.15, 0.2) is 72.0 Å². The first-order valence-corrected chi connectivity index (χ1v) is 9.18. The highest BCUT2D eigenvalue weighted by molar-refractivity contribution is 7.98. The quantitative estimate of drug-likeness (QED) is 0.560. The number of benzene rings is 2. The molecule has 0 saturated carbocycles. The Morgan fingerprint density at radius 1 is 0.920 bits per heavy atom. The molecule has 4 aromatic rings. The molecule has 0 saturated heterocycles. The van der Waals surface area contributed by atoms with Crippen LogP contribution in [0.25, 0.3) is 28.2 Å². The van der Waals surface area contributed by atoms with E-state index < -0.39 is 0 Å². The summed E-state index contributed by atoms with van der Waals surface area (Å²) in [6.45, 7) is 0.0491. The molecule has 0 unspecified atom stereocenters. The minimum absolute atomic E-state index is 0.0491. The average molecular weight is 347 g/mol. The summed E-state index contributed by atoms with van der Waals surface area (Å²) in [7, 11) is 0. The van der Waals surface area contributed by atoms with E-state index in [0.717, 1.165) is 33.7 Å². The fourth-order valence-corrected chi connectivity index (χ4v) is 3.20. The number of hydrogen-bond acceptors (Lipinski definition) is 4. The number of fused-ring (bicyclic) bond motifs is 1. The monoisotopic (exact) mass is 347 g/mol. The van der Waals surface area contributed by atoms with Gasteiger partial charge in [0.25, 0.3) is 0 Å². The van der Waals surface area contributed by atoms with Crippen LogP contribution in [-0.4, -0.2) is 25.7 Å². The number of aliphatic hydroxyl groups is 1. The maximum Gasteiger partial charge on any atom is 0.155 e. The Bertz CT molecular complexity index is 1010. The van der Waals surface area contributed by atoms with E-state index in [1.807, 2.05) is 36.7 Å². The molecule has 0 spiro atoms. The summed E-state index contributed by atoms with van der Waals surface area (Å²) in [4.78, 5) is 10.2. The van der Waals surface area contributed by atoms with Crippen molar-refractivity contribution in [2.45, 2.75) is 11.5 Å². The molecule has 2 aromatic heterocycles. The predicted molar refractivity (Wildman–Crippen MR) is 102 cm³/mol.